The second-order valence-corrected chi connectivity index (χ2v) is 5.18. The fourth-order valence-corrected chi connectivity index (χ4v) is 2.69. The first-order valence-corrected chi connectivity index (χ1v) is 6.98. The van der Waals surface area contributed by atoms with Crippen LogP contribution < -0.4 is 10.5 Å². The average Bonchev–Trinajstić information content (AvgIpc) is 2.47. The van der Waals surface area contributed by atoms with Gasteiger partial charge in [0.25, 0.3) is 5.91 Å². The van der Waals surface area contributed by atoms with Crippen molar-refractivity contribution in [2.75, 3.05) is 26.7 Å². The molecule has 4 nitrogen and oxygen atoms in total. The summed E-state index contributed by atoms with van der Waals surface area (Å²) in [5.41, 5.74) is 5.68. The van der Waals surface area contributed by atoms with E-state index in [0.29, 0.717) is 31.3 Å². The van der Waals surface area contributed by atoms with Gasteiger partial charge in [-0.25, -0.2) is 4.39 Å². The number of rotatable bonds is 4. The third kappa shape index (κ3) is 3.28. The largest absolute Gasteiger partial charge is 0.497 e. The summed E-state index contributed by atoms with van der Waals surface area (Å²) in [6.45, 7) is 1.98. The molecular weight excluding hydrogens is 259 g/mol. The van der Waals surface area contributed by atoms with Crippen LogP contribution in [0.1, 0.15) is 29.6 Å². The molecule has 1 aromatic rings. The maximum Gasteiger partial charge on any atom is 0.256 e. The number of nitrogens with zero attached hydrogens (tertiary/aromatic N) is 1. The molecule has 1 atom stereocenters. The highest BCUT2D eigenvalue weighted by molar-refractivity contribution is 5.94. The normalized spacial score (nSPS) is 18.9. The molecule has 20 heavy (non-hydrogen) atoms. The quantitative estimate of drug-likeness (QED) is 0.918. The molecule has 0 bridgehead atoms. The zero-order valence-electron chi connectivity index (χ0n) is 11.8. The first-order valence-electron chi connectivity index (χ1n) is 6.98. The monoisotopic (exact) mass is 280 g/mol. The minimum atomic E-state index is -0.532. The summed E-state index contributed by atoms with van der Waals surface area (Å²) in [6.07, 6.45) is 2.95. The van der Waals surface area contributed by atoms with Crippen LogP contribution in [0.2, 0.25) is 0 Å². The smallest absolute Gasteiger partial charge is 0.256 e. The zero-order valence-corrected chi connectivity index (χ0v) is 11.8. The Bertz CT molecular complexity index is 477. The van der Waals surface area contributed by atoms with Crippen LogP contribution in [0, 0.1) is 11.7 Å². The van der Waals surface area contributed by atoms with Crippen molar-refractivity contribution < 1.29 is 13.9 Å². The first kappa shape index (κ1) is 14.8. The first-order chi connectivity index (χ1) is 9.65. The molecule has 1 aromatic carbocycles. The predicted molar refractivity (Wildman–Crippen MR) is 75.3 cm³/mol. The van der Waals surface area contributed by atoms with E-state index in [1.807, 2.05) is 0 Å². The summed E-state index contributed by atoms with van der Waals surface area (Å²) in [5.74, 6) is 0.0693. The topological polar surface area (TPSA) is 55.6 Å². The van der Waals surface area contributed by atoms with E-state index in [1.165, 1.54) is 19.2 Å². The lowest BCUT2D eigenvalue weighted by Gasteiger charge is -2.32. The van der Waals surface area contributed by atoms with Crippen LogP contribution in [0.4, 0.5) is 4.39 Å². The lowest BCUT2D eigenvalue weighted by atomic mass is 9.94. The maximum absolute atomic E-state index is 13.9. The molecule has 1 fully saturated rings. The van der Waals surface area contributed by atoms with Gasteiger partial charge in [-0.05, 0) is 43.9 Å². The van der Waals surface area contributed by atoms with Crippen molar-refractivity contribution >= 4 is 5.91 Å². The lowest BCUT2D eigenvalue weighted by Crippen LogP contribution is -2.40. The van der Waals surface area contributed by atoms with E-state index in [9.17, 15) is 9.18 Å². The molecular formula is C15H21FN2O2. The predicted octanol–water partition coefficient (Wildman–Crippen LogP) is 2.04. The molecule has 1 heterocycles. The molecule has 1 amide bonds. The number of halogens is 1. The van der Waals surface area contributed by atoms with Gasteiger partial charge in [0.15, 0.2) is 0 Å². The molecule has 5 heteroatoms. The van der Waals surface area contributed by atoms with Gasteiger partial charge in [0.2, 0.25) is 0 Å². The molecule has 2 N–H and O–H groups in total. The number of carbonyl (C=O) groups is 1. The van der Waals surface area contributed by atoms with Crippen molar-refractivity contribution in [3.63, 3.8) is 0 Å². The lowest BCUT2D eigenvalue weighted by molar-refractivity contribution is 0.0664. The van der Waals surface area contributed by atoms with Gasteiger partial charge in [-0.2, -0.15) is 0 Å². The van der Waals surface area contributed by atoms with Crippen LogP contribution in [0.25, 0.3) is 0 Å². The molecule has 110 valence electrons. The number of benzene rings is 1. The Morgan fingerprint density at radius 2 is 2.35 bits per heavy atom. The summed E-state index contributed by atoms with van der Waals surface area (Å²) in [7, 11) is 1.47. The maximum atomic E-state index is 13.9. The third-order valence-electron chi connectivity index (χ3n) is 3.79. The minimum Gasteiger partial charge on any atom is -0.497 e. The number of amides is 1. The van der Waals surface area contributed by atoms with Gasteiger partial charge in [-0.15, -0.1) is 0 Å². The summed E-state index contributed by atoms with van der Waals surface area (Å²) >= 11 is 0. The summed E-state index contributed by atoms with van der Waals surface area (Å²) < 4.78 is 18.9. The number of carbonyl (C=O) groups excluding carboxylic acids is 1. The van der Waals surface area contributed by atoms with Crippen LogP contribution in [-0.4, -0.2) is 37.6 Å². The Kier molecular flexibility index (Phi) is 4.95. The minimum absolute atomic E-state index is 0.110. The van der Waals surface area contributed by atoms with E-state index in [-0.39, 0.29) is 11.5 Å². The fourth-order valence-electron chi connectivity index (χ4n) is 2.69. The van der Waals surface area contributed by atoms with Crippen molar-refractivity contribution in [3.8, 4) is 5.75 Å². The van der Waals surface area contributed by atoms with Crippen molar-refractivity contribution in [1.82, 2.24) is 4.90 Å². The molecule has 0 aliphatic carbocycles. The van der Waals surface area contributed by atoms with Crippen LogP contribution in [0.5, 0.6) is 5.75 Å². The Balaban J connectivity index is 2.10. The van der Waals surface area contributed by atoms with E-state index < -0.39 is 5.82 Å². The molecule has 0 spiro atoms. The molecule has 0 saturated carbocycles. The Hall–Kier alpha value is -1.62. The zero-order chi connectivity index (χ0) is 14.5. The van der Waals surface area contributed by atoms with Gasteiger partial charge < -0.3 is 15.4 Å². The van der Waals surface area contributed by atoms with Gasteiger partial charge in [-0.3, -0.25) is 4.79 Å². The Morgan fingerprint density at radius 3 is 3.00 bits per heavy atom. The Labute approximate surface area is 118 Å². The number of ether oxygens (including phenoxy) is 1. The summed E-state index contributed by atoms with van der Waals surface area (Å²) in [6, 6.07) is 4.34. The van der Waals surface area contributed by atoms with E-state index in [1.54, 1.807) is 11.0 Å². The van der Waals surface area contributed by atoms with Crippen molar-refractivity contribution in [1.29, 1.82) is 0 Å². The van der Waals surface area contributed by atoms with Crippen LogP contribution in [0.3, 0.4) is 0 Å². The number of likely N-dealkylation sites (tertiary alicyclic amines) is 1. The van der Waals surface area contributed by atoms with E-state index in [0.717, 1.165) is 19.3 Å². The van der Waals surface area contributed by atoms with Crippen molar-refractivity contribution in [2.45, 2.75) is 19.3 Å². The number of hydrogen-bond acceptors (Lipinski definition) is 3. The number of methoxy groups -OCH3 is 1. The summed E-state index contributed by atoms with van der Waals surface area (Å²) in [5, 5.41) is 0. The highest BCUT2D eigenvalue weighted by atomic mass is 19.1. The highest BCUT2D eigenvalue weighted by Gasteiger charge is 2.25. The van der Waals surface area contributed by atoms with Gasteiger partial charge in [0, 0.05) is 19.2 Å². The van der Waals surface area contributed by atoms with Gasteiger partial charge in [-0.1, -0.05) is 0 Å². The molecule has 1 unspecified atom stereocenters. The second-order valence-electron chi connectivity index (χ2n) is 5.18. The van der Waals surface area contributed by atoms with Crippen molar-refractivity contribution in [3.05, 3.63) is 29.6 Å². The second kappa shape index (κ2) is 6.70. The molecule has 1 aliphatic heterocycles. The number of nitrogens with two attached hydrogens (primary N) is 1. The molecule has 2 rings (SSSR count). The highest BCUT2D eigenvalue weighted by Crippen LogP contribution is 2.23. The molecule has 0 radical (unpaired) electrons. The fraction of sp³-hybridized carbons (Fsp3) is 0.533. The molecule has 1 aliphatic rings. The van der Waals surface area contributed by atoms with Crippen LogP contribution in [0.15, 0.2) is 18.2 Å². The number of hydrogen-bond donors (Lipinski definition) is 1. The molecule has 0 aromatic heterocycles. The average molecular weight is 280 g/mol. The van der Waals surface area contributed by atoms with Crippen LogP contribution >= 0.6 is 0 Å². The number of piperidine rings is 1. The van der Waals surface area contributed by atoms with Gasteiger partial charge >= 0.3 is 0 Å². The SMILES string of the molecule is COc1ccc(C(=O)N2CCCC(CCN)C2)c(F)c1. The Morgan fingerprint density at radius 1 is 1.55 bits per heavy atom. The van der Waals surface area contributed by atoms with Crippen molar-refractivity contribution in [2.24, 2.45) is 11.7 Å². The third-order valence-corrected chi connectivity index (χ3v) is 3.79. The van der Waals surface area contributed by atoms with Crippen LogP contribution in [-0.2, 0) is 0 Å². The van der Waals surface area contributed by atoms with Gasteiger partial charge in [0.1, 0.15) is 11.6 Å². The standard InChI is InChI=1S/C15H21FN2O2/c1-20-12-4-5-13(14(16)9-12)15(19)18-8-2-3-11(10-18)6-7-17/h4-5,9,11H,2-3,6-8,10,17H2,1H3. The van der Waals surface area contributed by atoms with E-state index in [4.69, 9.17) is 10.5 Å². The molecule has 1 saturated heterocycles. The van der Waals surface area contributed by atoms with E-state index >= 15 is 0 Å². The summed E-state index contributed by atoms with van der Waals surface area (Å²) in [4.78, 5) is 14.1. The van der Waals surface area contributed by atoms with Gasteiger partial charge in [0.05, 0.1) is 12.7 Å². The van der Waals surface area contributed by atoms with E-state index in [2.05, 4.69) is 0 Å².